The van der Waals surface area contributed by atoms with Crippen LogP contribution in [0.15, 0.2) is 28.7 Å². The van der Waals surface area contributed by atoms with E-state index in [0.717, 1.165) is 5.39 Å². The molecule has 2 rings (SSSR count). The number of rotatable bonds is 6. The van der Waals surface area contributed by atoms with E-state index in [-0.39, 0.29) is 19.1 Å². The number of hydrogen-bond donors (Lipinski definition) is 2. The smallest absolute Gasteiger partial charge is 0.257 e. The normalized spacial score (nSPS) is 11.0. The summed E-state index contributed by atoms with van der Waals surface area (Å²) in [5.74, 6) is 1.38. The molecule has 3 N–H and O–H groups in total. The maximum absolute atomic E-state index is 11.7. The zero-order chi connectivity index (χ0) is 14.5. The van der Waals surface area contributed by atoms with E-state index in [4.69, 9.17) is 14.9 Å². The topological polar surface area (TPSA) is 77.5 Å². The van der Waals surface area contributed by atoms with Gasteiger partial charge in [-0.05, 0) is 18.1 Å². The predicted octanol–water partition coefficient (Wildman–Crippen LogP) is 2.04. The van der Waals surface area contributed by atoms with Gasteiger partial charge < -0.3 is 20.2 Å². The van der Waals surface area contributed by atoms with Gasteiger partial charge in [0, 0.05) is 6.54 Å². The number of fused-ring (bicyclic) bond motifs is 1. The second-order valence-electron chi connectivity index (χ2n) is 5.04. The van der Waals surface area contributed by atoms with Crippen molar-refractivity contribution in [3.63, 3.8) is 0 Å². The van der Waals surface area contributed by atoms with Crippen molar-refractivity contribution >= 4 is 16.9 Å². The van der Waals surface area contributed by atoms with Crippen LogP contribution in [0.25, 0.3) is 11.0 Å². The molecule has 0 atom stereocenters. The number of amides is 1. The van der Waals surface area contributed by atoms with Crippen LogP contribution in [0, 0.1) is 5.92 Å². The summed E-state index contributed by atoms with van der Waals surface area (Å²) in [5, 5.41) is 3.64. The first kappa shape index (κ1) is 14.4. The highest BCUT2D eigenvalue weighted by Gasteiger charge is 2.15. The molecule has 20 heavy (non-hydrogen) atoms. The molecule has 5 heteroatoms. The number of hydrogen-bond acceptors (Lipinski definition) is 4. The lowest BCUT2D eigenvalue weighted by Gasteiger charge is -2.09. The fourth-order valence-corrected chi connectivity index (χ4v) is 1.87. The van der Waals surface area contributed by atoms with Crippen LogP contribution < -0.4 is 15.8 Å². The van der Waals surface area contributed by atoms with Crippen molar-refractivity contribution in [2.24, 2.45) is 11.7 Å². The van der Waals surface area contributed by atoms with Gasteiger partial charge in [-0.15, -0.1) is 0 Å². The molecule has 0 saturated heterocycles. The van der Waals surface area contributed by atoms with Crippen LogP contribution in [0.1, 0.15) is 19.6 Å². The van der Waals surface area contributed by atoms with Gasteiger partial charge in [0.25, 0.3) is 5.91 Å². The molecule has 108 valence electrons. The number of carbonyl (C=O) groups excluding carboxylic acids is 1. The number of nitrogens with one attached hydrogen (secondary N) is 1. The molecule has 1 aromatic carbocycles. The number of nitrogens with two attached hydrogens (primary N) is 1. The summed E-state index contributed by atoms with van der Waals surface area (Å²) in [5.41, 5.74) is 6.36. The van der Waals surface area contributed by atoms with Crippen LogP contribution in [-0.2, 0) is 11.3 Å². The van der Waals surface area contributed by atoms with Crippen molar-refractivity contribution in [2.45, 2.75) is 20.4 Å². The second-order valence-corrected chi connectivity index (χ2v) is 5.04. The van der Waals surface area contributed by atoms with E-state index >= 15 is 0 Å². The number of furan rings is 1. The highest BCUT2D eigenvalue weighted by atomic mass is 16.5. The van der Waals surface area contributed by atoms with Gasteiger partial charge >= 0.3 is 0 Å². The molecule has 1 aromatic heterocycles. The van der Waals surface area contributed by atoms with Crippen LogP contribution in [0.5, 0.6) is 5.75 Å². The average Bonchev–Trinajstić information content (AvgIpc) is 2.80. The van der Waals surface area contributed by atoms with Gasteiger partial charge in [0.15, 0.2) is 18.1 Å². The van der Waals surface area contributed by atoms with Crippen molar-refractivity contribution in [3.05, 3.63) is 30.0 Å². The van der Waals surface area contributed by atoms with Gasteiger partial charge in [0.05, 0.1) is 11.9 Å². The Morgan fingerprint density at radius 2 is 2.15 bits per heavy atom. The van der Waals surface area contributed by atoms with Crippen LogP contribution in [0.4, 0.5) is 0 Å². The predicted molar refractivity (Wildman–Crippen MR) is 77.4 cm³/mol. The maximum atomic E-state index is 11.7. The second kappa shape index (κ2) is 6.43. The van der Waals surface area contributed by atoms with Crippen molar-refractivity contribution < 1.29 is 13.9 Å². The van der Waals surface area contributed by atoms with Crippen molar-refractivity contribution in [1.29, 1.82) is 0 Å². The third-order valence-corrected chi connectivity index (χ3v) is 2.86. The standard InChI is InChI=1S/C15H20N2O3/c1-10(2)8-17-14(18)9-19-15-11-5-3-4-6-12(11)20-13(15)7-16/h3-6,10H,7-9,16H2,1-2H3,(H,17,18). The summed E-state index contributed by atoms with van der Waals surface area (Å²) in [6.07, 6.45) is 0. The van der Waals surface area contributed by atoms with E-state index in [0.29, 0.717) is 29.6 Å². The molecule has 5 nitrogen and oxygen atoms in total. The Morgan fingerprint density at radius 3 is 2.85 bits per heavy atom. The van der Waals surface area contributed by atoms with Crippen molar-refractivity contribution in [1.82, 2.24) is 5.32 Å². The van der Waals surface area contributed by atoms with Crippen LogP contribution in [0.3, 0.4) is 0 Å². The maximum Gasteiger partial charge on any atom is 0.257 e. The van der Waals surface area contributed by atoms with E-state index < -0.39 is 0 Å². The Bertz CT molecular complexity index is 590. The number of para-hydroxylation sites is 1. The Labute approximate surface area is 118 Å². The summed E-state index contributed by atoms with van der Waals surface area (Å²) < 4.78 is 11.2. The summed E-state index contributed by atoms with van der Waals surface area (Å²) in [7, 11) is 0. The molecule has 2 aromatic rings. The molecule has 0 saturated carbocycles. The third-order valence-electron chi connectivity index (χ3n) is 2.86. The molecule has 0 fully saturated rings. The van der Waals surface area contributed by atoms with E-state index in [1.54, 1.807) is 0 Å². The first-order chi connectivity index (χ1) is 9.61. The zero-order valence-corrected chi connectivity index (χ0v) is 11.8. The number of ether oxygens (including phenoxy) is 1. The zero-order valence-electron chi connectivity index (χ0n) is 11.8. The molecule has 0 aliphatic rings. The first-order valence-electron chi connectivity index (χ1n) is 6.71. The van der Waals surface area contributed by atoms with Gasteiger partial charge in [-0.1, -0.05) is 26.0 Å². The van der Waals surface area contributed by atoms with Crippen molar-refractivity contribution in [3.8, 4) is 5.75 Å². The van der Waals surface area contributed by atoms with Gasteiger partial charge in [0.1, 0.15) is 5.58 Å². The summed E-state index contributed by atoms with van der Waals surface area (Å²) >= 11 is 0. The van der Waals surface area contributed by atoms with Gasteiger partial charge in [0.2, 0.25) is 0 Å². The summed E-state index contributed by atoms with van der Waals surface area (Å²) in [6.45, 7) is 4.91. The molecule has 0 aliphatic carbocycles. The number of benzene rings is 1. The Morgan fingerprint density at radius 1 is 1.40 bits per heavy atom. The minimum Gasteiger partial charge on any atom is -0.479 e. The van der Waals surface area contributed by atoms with E-state index in [1.165, 1.54) is 0 Å². The molecular weight excluding hydrogens is 256 g/mol. The Kier molecular flexibility index (Phi) is 4.63. The van der Waals surface area contributed by atoms with Crippen molar-refractivity contribution in [2.75, 3.05) is 13.2 Å². The minimum atomic E-state index is -0.146. The monoisotopic (exact) mass is 276 g/mol. The summed E-state index contributed by atoms with van der Waals surface area (Å²) in [6, 6.07) is 7.51. The summed E-state index contributed by atoms with van der Waals surface area (Å²) in [4.78, 5) is 11.7. The first-order valence-corrected chi connectivity index (χ1v) is 6.71. The van der Waals surface area contributed by atoms with E-state index in [9.17, 15) is 4.79 Å². The molecule has 0 radical (unpaired) electrons. The Balaban J connectivity index is 2.07. The lowest BCUT2D eigenvalue weighted by Crippen LogP contribution is -2.31. The van der Waals surface area contributed by atoms with Crippen LogP contribution >= 0.6 is 0 Å². The Hall–Kier alpha value is -2.01. The quantitative estimate of drug-likeness (QED) is 0.846. The lowest BCUT2D eigenvalue weighted by atomic mass is 10.2. The SMILES string of the molecule is CC(C)CNC(=O)COc1c(CN)oc2ccccc12. The molecule has 0 aliphatic heterocycles. The van der Waals surface area contributed by atoms with Crippen LogP contribution in [-0.4, -0.2) is 19.1 Å². The van der Waals surface area contributed by atoms with Gasteiger partial charge in [-0.25, -0.2) is 0 Å². The van der Waals surface area contributed by atoms with E-state index in [2.05, 4.69) is 5.32 Å². The van der Waals surface area contributed by atoms with Gasteiger partial charge in [-0.2, -0.15) is 0 Å². The van der Waals surface area contributed by atoms with Crippen LogP contribution in [0.2, 0.25) is 0 Å². The molecule has 1 heterocycles. The molecule has 0 spiro atoms. The largest absolute Gasteiger partial charge is 0.479 e. The fraction of sp³-hybridized carbons (Fsp3) is 0.400. The average molecular weight is 276 g/mol. The third kappa shape index (κ3) is 3.30. The highest BCUT2D eigenvalue weighted by molar-refractivity contribution is 5.86. The lowest BCUT2D eigenvalue weighted by molar-refractivity contribution is -0.123. The molecule has 0 unspecified atom stereocenters. The number of carbonyl (C=O) groups is 1. The minimum absolute atomic E-state index is 0.0384. The van der Waals surface area contributed by atoms with Gasteiger partial charge in [-0.3, -0.25) is 4.79 Å². The molecule has 0 bridgehead atoms. The highest BCUT2D eigenvalue weighted by Crippen LogP contribution is 2.32. The molecule has 1 amide bonds. The van der Waals surface area contributed by atoms with E-state index in [1.807, 2.05) is 38.1 Å². The fourth-order valence-electron chi connectivity index (χ4n) is 1.87. The molecular formula is C15H20N2O3.